The summed E-state index contributed by atoms with van der Waals surface area (Å²) in [5, 5.41) is 10.0. The summed E-state index contributed by atoms with van der Waals surface area (Å²) < 4.78 is 0. The van der Waals surface area contributed by atoms with Gasteiger partial charge in [0.15, 0.2) is 5.69 Å². The molecule has 2 heterocycles. The van der Waals surface area contributed by atoms with Crippen molar-refractivity contribution in [3.05, 3.63) is 64.1 Å². The summed E-state index contributed by atoms with van der Waals surface area (Å²) in [6.45, 7) is 0. The maximum atomic E-state index is 12.7. The molecule has 1 aliphatic heterocycles. The number of nitrogens with zero attached hydrogens (tertiary/aromatic N) is 2. The van der Waals surface area contributed by atoms with Crippen molar-refractivity contribution in [2.45, 2.75) is 12.8 Å². The van der Waals surface area contributed by atoms with Crippen molar-refractivity contribution in [3.8, 4) is 0 Å². The molecule has 130 valence electrons. The lowest BCUT2D eigenvalue weighted by atomic mass is 10.0. The number of H-pyrrole nitrogens is 1. The van der Waals surface area contributed by atoms with Crippen LogP contribution in [0.3, 0.4) is 0 Å². The van der Waals surface area contributed by atoms with E-state index in [-0.39, 0.29) is 17.2 Å². The normalized spacial score (nSPS) is 13.6. The van der Waals surface area contributed by atoms with Gasteiger partial charge in [0.05, 0.1) is 5.39 Å². The van der Waals surface area contributed by atoms with Gasteiger partial charge in [-0.25, -0.2) is 5.10 Å². The fourth-order valence-electron chi connectivity index (χ4n) is 3.21. The Kier molecular flexibility index (Phi) is 3.76. The Morgan fingerprint density at radius 1 is 1.12 bits per heavy atom. The van der Waals surface area contributed by atoms with Crippen molar-refractivity contribution in [2.75, 3.05) is 17.3 Å². The number of aromatic nitrogens is 2. The van der Waals surface area contributed by atoms with Crippen LogP contribution in [0.5, 0.6) is 0 Å². The van der Waals surface area contributed by atoms with E-state index in [0.29, 0.717) is 29.3 Å². The largest absolute Gasteiger partial charge is 0.321 e. The van der Waals surface area contributed by atoms with Gasteiger partial charge in [-0.05, 0) is 36.2 Å². The van der Waals surface area contributed by atoms with E-state index in [9.17, 15) is 14.4 Å². The van der Waals surface area contributed by atoms with E-state index in [1.54, 1.807) is 42.3 Å². The lowest BCUT2D eigenvalue weighted by Gasteiger charge is -2.26. The Hall–Kier alpha value is -3.48. The van der Waals surface area contributed by atoms with E-state index in [2.05, 4.69) is 15.5 Å². The van der Waals surface area contributed by atoms with Gasteiger partial charge >= 0.3 is 0 Å². The zero-order chi connectivity index (χ0) is 18.3. The molecule has 3 aromatic rings. The number of nitrogens with one attached hydrogen (secondary N) is 2. The highest BCUT2D eigenvalue weighted by Gasteiger charge is 2.21. The first-order valence-electron chi connectivity index (χ1n) is 8.23. The van der Waals surface area contributed by atoms with Gasteiger partial charge in [-0.15, -0.1) is 0 Å². The molecule has 2 N–H and O–H groups in total. The predicted octanol–water partition coefficient (Wildman–Crippen LogP) is 2.08. The zero-order valence-electron chi connectivity index (χ0n) is 14.1. The molecule has 2 aromatic carbocycles. The van der Waals surface area contributed by atoms with E-state index < -0.39 is 5.91 Å². The average Bonchev–Trinajstić information content (AvgIpc) is 2.65. The summed E-state index contributed by atoms with van der Waals surface area (Å²) in [6.07, 6.45) is 1.09. The number of hydrogen-bond acceptors (Lipinski definition) is 4. The first-order chi connectivity index (χ1) is 12.5. The number of carbonyl (C=O) groups is 2. The van der Waals surface area contributed by atoms with E-state index in [1.165, 1.54) is 0 Å². The molecule has 0 spiro atoms. The molecule has 0 saturated heterocycles. The molecule has 1 aliphatic rings. The van der Waals surface area contributed by atoms with Gasteiger partial charge in [0.25, 0.3) is 11.5 Å². The second-order valence-corrected chi connectivity index (χ2v) is 6.20. The molecule has 0 atom stereocenters. The third-order valence-electron chi connectivity index (χ3n) is 4.59. The van der Waals surface area contributed by atoms with Crippen LogP contribution in [0.2, 0.25) is 0 Å². The summed E-state index contributed by atoms with van der Waals surface area (Å²) in [6, 6.07) is 12.3. The first kappa shape index (κ1) is 16.0. The van der Waals surface area contributed by atoms with Crippen molar-refractivity contribution in [1.82, 2.24) is 10.2 Å². The number of rotatable bonds is 2. The summed E-state index contributed by atoms with van der Waals surface area (Å²) in [7, 11) is 1.74. The fraction of sp³-hybridized carbons (Fsp3) is 0.158. The SMILES string of the molecule is CN1C(=O)CCc2cc(NC(=O)c3n[nH]c(=O)c4ccccc34)ccc21. The minimum Gasteiger partial charge on any atom is -0.321 e. The Bertz CT molecular complexity index is 1100. The summed E-state index contributed by atoms with van der Waals surface area (Å²) >= 11 is 0. The molecule has 7 nitrogen and oxygen atoms in total. The van der Waals surface area contributed by atoms with Crippen LogP contribution in [0.4, 0.5) is 11.4 Å². The van der Waals surface area contributed by atoms with Crippen LogP contribution in [0.15, 0.2) is 47.3 Å². The number of carbonyl (C=O) groups excluding carboxylic acids is 2. The minimum absolute atomic E-state index is 0.0817. The molecule has 1 aromatic heterocycles. The third-order valence-corrected chi connectivity index (χ3v) is 4.59. The summed E-state index contributed by atoms with van der Waals surface area (Å²) in [5.74, 6) is -0.323. The van der Waals surface area contributed by atoms with E-state index >= 15 is 0 Å². The van der Waals surface area contributed by atoms with Crippen LogP contribution in [-0.4, -0.2) is 29.1 Å². The first-order valence-corrected chi connectivity index (χ1v) is 8.23. The maximum absolute atomic E-state index is 12.7. The van der Waals surface area contributed by atoms with Crippen LogP contribution in [-0.2, 0) is 11.2 Å². The van der Waals surface area contributed by atoms with E-state index in [4.69, 9.17) is 0 Å². The van der Waals surface area contributed by atoms with Gasteiger partial charge in [-0.1, -0.05) is 18.2 Å². The maximum Gasteiger partial charge on any atom is 0.276 e. The molecule has 4 rings (SSSR count). The van der Waals surface area contributed by atoms with Gasteiger partial charge in [-0.3, -0.25) is 14.4 Å². The Morgan fingerprint density at radius 2 is 1.88 bits per heavy atom. The van der Waals surface area contributed by atoms with Gasteiger partial charge in [0.2, 0.25) is 5.91 Å². The number of aryl methyl sites for hydroxylation is 1. The Balaban J connectivity index is 1.67. The molecule has 0 unspecified atom stereocenters. The third kappa shape index (κ3) is 2.63. The van der Waals surface area contributed by atoms with Crippen molar-refractivity contribution < 1.29 is 9.59 Å². The summed E-state index contributed by atoms with van der Waals surface area (Å²) in [4.78, 5) is 37.9. The molecule has 0 radical (unpaired) electrons. The summed E-state index contributed by atoms with van der Waals surface area (Å²) in [5.41, 5.74) is 2.30. The van der Waals surface area contributed by atoms with Gasteiger partial charge in [-0.2, -0.15) is 5.10 Å². The molecule has 26 heavy (non-hydrogen) atoms. The Morgan fingerprint density at radius 3 is 2.69 bits per heavy atom. The highest BCUT2D eigenvalue weighted by atomic mass is 16.2. The topological polar surface area (TPSA) is 95.2 Å². The van der Waals surface area contributed by atoms with Crippen molar-refractivity contribution in [3.63, 3.8) is 0 Å². The second kappa shape index (κ2) is 6.11. The zero-order valence-corrected chi connectivity index (χ0v) is 14.1. The number of fused-ring (bicyclic) bond motifs is 2. The number of aromatic amines is 1. The van der Waals surface area contributed by atoms with Crippen LogP contribution >= 0.6 is 0 Å². The molecule has 7 heteroatoms. The standard InChI is InChI=1S/C19H16N4O3/c1-23-15-8-7-12(10-11(15)6-9-16(23)24)20-19(26)17-13-4-2-3-5-14(13)18(25)22-21-17/h2-5,7-8,10H,6,9H2,1H3,(H,20,26)(H,22,25). The monoisotopic (exact) mass is 348 g/mol. The van der Waals surface area contributed by atoms with Crippen molar-refractivity contribution in [1.29, 1.82) is 0 Å². The van der Waals surface area contributed by atoms with Crippen molar-refractivity contribution >= 4 is 34.0 Å². The number of anilines is 2. The smallest absolute Gasteiger partial charge is 0.276 e. The lowest BCUT2D eigenvalue weighted by molar-refractivity contribution is -0.118. The molecular weight excluding hydrogens is 332 g/mol. The fourth-order valence-corrected chi connectivity index (χ4v) is 3.21. The molecule has 0 saturated carbocycles. The van der Waals surface area contributed by atoms with Crippen LogP contribution < -0.4 is 15.8 Å². The van der Waals surface area contributed by atoms with Crippen LogP contribution in [0.25, 0.3) is 10.8 Å². The average molecular weight is 348 g/mol. The van der Waals surface area contributed by atoms with E-state index in [1.807, 2.05) is 12.1 Å². The minimum atomic E-state index is -0.405. The van der Waals surface area contributed by atoms with Crippen molar-refractivity contribution in [2.24, 2.45) is 0 Å². The predicted molar refractivity (Wildman–Crippen MR) is 98.5 cm³/mol. The Labute approximate surface area is 148 Å². The van der Waals surface area contributed by atoms with Gasteiger partial charge < -0.3 is 10.2 Å². The van der Waals surface area contributed by atoms with Gasteiger partial charge in [0, 0.05) is 30.2 Å². The quantitative estimate of drug-likeness (QED) is 0.741. The molecular formula is C19H16N4O3. The lowest BCUT2D eigenvalue weighted by Crippen LogP contribution is -2.31. The number of benzene rings is 2. The molecule has 0 bridgehead atoms. The highest BCUT2D eigenvalue weighted by molar-refractivity contribution is 6.11. The number of amides is 2. The van der Waals surface area contributed by atoms with Crippen LogP contribution in [0, 0.1) is 0 Å². The second-order valence-electron chi connectivity index (χ2n) is 6.20. The highest BCUT2D eigenvalue weighted by Crippen LogP contribution is 2.29. The molecule has 0 fully saturated rings. The number of hydrogen-bond donors (Lipinski definition) is 2. The molecule has 2 amide bonds. The van der Waals surface area contributed by atoms with Crippen LogP contribution in [0.1, 0.15) is 22.5 Å². The van der Waals surface area contributed by atoms with E-state index in [0.717, 1.165) is 11.3 Å². The van der Waals surface area contributed by atoms with Gasteiger partial charge in [0.1, 0.15) is 0 Å². The molecule has 0 aliphatic carbocycles.